The summed E-state index contributed by atoms with van der Waals surface area (Å²) in [6.07, 6.45) is 8.02. The van der Waals surface area contributed by atoms with E-state index in [4.69, 9.17) is 0 Å². The molecule has 0 aromatic rings. The van der Waals surface area contributed by atoms with E-state index in [-0.39, 0.29) is 5.91 Å². The van der Waals surface area contributed by atoms with Gasteiger partial charge in [0.2, 0.25) is 5.91 Å². The van der Waals surface area contributed by atoms with Crippen LogP contribution < -0.4 is 5.32 Å². The maximum atomic E-state index is 11.5. The molecule has 1 saturated heterocycles. The van der Waals surface area contributed by atoms with Crippen molar-refractivity contribution in [3.8, 4) is 0 Å². The Balaban J connectivity index is 1.84. The number of hydrogen-bond acceptors (Lipinski definition) is 2. The van der Waals surface area contributed by atoms with Crippen molar-refractivity contribution in [1.82, 2.24) is 10.2 Å². The minimum Gasteiger partial charge on any atom is -0.341 e. The van der Waals surface area contributed by atoms with Gasteiger partial charge in [0.15, 0.2) is 0 Å². The summed E-state index contributed by atoms with van der Waals surface area (Å²) in [7, 11) is 0. The van der Waals surface area contributed by atoms with E-state index in [1.165, 1.54) is 38.5 Å². The normalized spacial score (nSPS) is 31.5. The molecule has 2 aliphatic rings. The molecule has 2 unspecified atom stereocenters. The van der Waals surface area contributed by atoms with Gasteiger partial charge in [-0.1, -0.05) is 26.2 Å². The fourth-order valence-corrected chi connectivity index (χ4v) is 3.33. The van der Waals surface area contributed by atoms with Crippen molar-refractivity contribution in [2.24, 2.45) is 5.92 Å². The third-order valence-corrected chi connectivity index (χ3v) is 4.18. The van der Waals surface area contributed by atoms with E-state index >= 15 is 0 Å². The molecule has 98 valence electrons. The van der Waals surface area contributed by atoms with Crippen LogP contribution in [0.5, 0.6) is 0 Å². The molecule has 0 aromatic carbocycles. The maximum Gasteiger partial charge on any atom is 0.219 e. The van der Waals surface area contributed by atoms with Crippen molar-refractivity contribution in [3.63, 3.8) is 0 Å². The number of piperidine rings is 1. The van der Waals surface area contributed by atoms with Crippen LogP contribution in [0.2, 0.25) is 0 Å². The number of nitrogens with zero attached hydrogens (tertiary/aromatic N) is 1. The largest absolute Gasteiger partial charge is 0.341 e. The molecular formula is C14H26N2O. The van der Waals surface area contributed by atoms with Gasteiger partial charge in [-0.2, -0.15) is 0 Å². The Morgan fingerprint density at radius 3 is 2.47 bits per heavy atom. The van der Waals surface area contributed by atoms with Crippen molar-refractivity contribution < 1.29 is 4.79 Å². The molecule has 3 heteroatoms. The monoisotopic (exact) mass is 238 g/mol. The Kier molecular flexibility index (Phi) is 4.43. The molecule has 0 spiro atoms. The fraction of sp³-hybridized carbons (Fsp3) is 0.929. The molecule has 0 bridgehead atoms. The SMILES string of the molecule is CC(=O)N1CC(C)CC(NC2CCCCC2)C1. The molecule has 17 heavy (non-hydrogen) atoms. The highest BCUT2D eigenvalue weighted by atomic mass is 16.2. The highest BCUT2D eigenvalue weighted by molar-refractivity contribution is 5.73. The van der Waals surface area contributed by atoms with Crippen LogP contribution in [0.3, 0.4) is 0 Å². The molecule has 1 aliphatic carbocycles. The molecule has 2 atom stereocenters. The second-order valence-electron chi connectivity index (χ2n) is 5.96. The van der Waals surface area contributed by atoms with Gasteiger partial charge in [0.25, 0.3) is 0 Å². The zero-order valence-electron chi connectivity index (χ0n) is 11.2. The third-order valence-electron chi connectivity index (χ3n) is 4.18. The minimum absolute atomic E-state index is 0.229. The van der Waals surface area contributed by atoms with Crippen LogP contribution in [0.25, 0.3) is 0 Å². The van der Waals surface area contributed by atoms with Crippen LogP contribution >= 0.6 is 0 Å². The van der Waals surface area contributed by atoms with Gasteiger partial charge < -0.3 is 10.2 Å². The van der Waals surface area contributed by atoms with Crippen LogP contribution in [-0.4, -0.2) is 36.0 Å². The number of rotatable bonds is 2. The summed E-state index contributed by atoms with van der Waals surface area (Å²) in [5.41, 5.74) is 0. The molecule has 2 fully saturated rings. The summed E-state index contributed by atoms with van der Waals surface area (Å²) in [5, 5.41) is 3.78. The third kappa shape index (κ3) is 3.70. The summed E-state index contributed by atoms with van der Waals surface area (Å²) in [5.74, 6) is 0.862. The highest BCUT2D eigenvalue weighted by Gasteiger charge is 2.27. The Labute approximate surface area is 105 Å². The predicted molar refractivity (Wildman–Crippen MR) is 69.8 cm³/mol. The van der Waals surface area contributed by atoms with Gasteiger partial charge in [-0.25, -0.2) is 0 Å². The van der Waals surface area contributed by atoms with Crippen molar-refractivity contribution >= 4 is 5.91 Å². The molecule has 3 nitrogen and oxygen atoms in total. The van der Waals surface area contributed by atoms with Gasteiger partial charge in [-0.05, 0) is 25.2 Å². The molecule has 0 radical (unpaired) electrons. The van der Waals surface area contributed by atoms with Gasteiger partial charge in [0.1, 0.15) is 0 Å². The number of carbonyl (C=O) groups is 1. The summed E-state index contributed by atoms with van der Waals surface area (Å²) >= 11 is 0. The van der Waals surface area contributed by atoms with Crippen molar-refractivity contribution in [2.75, 3.05) is 13.1 Å². The minimum atomic E-state index is 0.229. The Morgan fingerprint density at radius 2 is 1.82 bits per heavy atom. The Bertz CT molecular complexity index is 261. The molecule has 1 amide bonds. The van der Waals surface area contributed by atoms with Crippen LogP contribution in [0.15, 0.2) is 0 Å². The van der Waals surface area contributed by atoms with E-state index in [0.29, 0.717) is 18.0 Å². The van der Waals surface area contributed by atoms with E-state index in [9.17, 15) is 4.79 Å². The van der Waals surface area contributed by atoms with Crippen molar-refractivity contribution in [2.45, 2.75) is 64.5 Å². The van der Waals surface area contributed by atoms with Crippen LogP contribution in [0.4, 0.5) is 0 Å². The van der Waals surface area contributed by atoms with E-state index < -0.39 is 0 Å². The van der Waals surface area contributed by atoms with E-state index in [1.807, 2.05) is 4.90 Å². The quantitative estimate of drug-likeness (QED) is 0.799. The standard InChI is InChI=1S/C14H26N2O/c1-11-8-14(10-16(9-11)12(2)17)15-13-6-4-3-5-7-13/h11,13-15H,3-10H2,1-2H3. The number of nitrogens with one attached hydrogen (secondary N) is 1. The summed E-state index contributed by atoms with van der Waals surface area (Å²) in [6.45, 7) is 5.80. The fourth-order valence-electron chi connectivity index (χ4n) is 3.33. The van der Waals surface area contributed by atoms with Crippen LogP contribution in [0, 0.1) is 5.92 Å². The van der Waals surface area contributed by atoms with Crippen LogP contribution in [-0.2, 0) is 4.79 Å². The van der Waals surface area contributed by atoms with Gasteiger partial charge in [0, 0.05) is 32.1 Å². The van der Waals surface area contributed by atoms with Gasteiger partial charge >= 0.3 is 0 Å². The van der Waals surface area contributed by atoms with E-state index in [0.717, 1.165) is 13.1 Å². The van der Waals surface area contributed by atoms with Gasteiger partial charge in [0.05, 0.1) is 0 Å². The summed E-state index contributed by atoms with van der Waals surface area (Å²) < 4.78 is 0. The first-order valence-electron chi connectivity index (χ1n) is 7.16. The molecule has 1 N–H and O–H groups in total. The smallest absolute Gasteiger partial charge is 0.219 e. The average molecular weight is 238 g/mol. The van der Waals surface area contributed by atoms with Gasteiger partial charge in [-0.15, -0.1) is 0 Å². The lowest BCUT2D eigenvalue weighted by molar-refractivity contribution is -0.131. The lowest BCUT2D eigenvalue weighted by Crippen LogP contribution is -2.52. The molecule has 1 saturated carbocycles. The molecule has 1 heterocycles. The summed E-state index contributed by atoms with van der Waals surface area (Å²) in [6, 6.07) is 1.22. The summed E-state index contributed by atoms with van der Waals surface area (Å²) in [4.78, 5) is 13.5. The molecule has 2 rings (SSSR count). The number of amides is 1. The zero-order valence-corrected chi connectivity index (χ0v) is 11.2. The van der Waals surface area contributed by atoms with Crippen molar-refractivity contribution in [3.05, 3.63) is 0 Å². The number of carbonyl (C=O) groups excluding carboxylic acids is 1. The number of likely N-dealkylation sites (tertiary alicyclic amines) is 1. The van der Waals surface area contributed by atoms with E-state index in [1.54, 1.807) is 6.92 Å². The van der Waals surface area contributed by atoms with Crippen molar-refractivity contribution in [1.29, 1.82) is 0 Å². The second-order valence-corrected chi connectivity index (χ2v) is 5.96. The second kappa shape index (κ2) is 5.85. The Morgan fingerprint density at radius 1 is 1.12 bits per heavy atom. The lowest BCUT2D eigenvalue weighted by Gasteiger charge is -2.38. The highest BCUT2D eigenvalue weighted by Crippen LogP contribution is 2.21. The topological polar surface area (TPSA) is 32.3 Å². The molecule has 0 aromatic heterocycles. The lowest BCUT2D eigenvalue weighted by atomic mass is 9.91. The first-order chi connectivity index (χ1) is 8.15. The predicted octanol–water partition coefficient (Wildman–Crippen LogP) is 2.17. The Hall–Kier alpha value is -0.570. The van der Waals surface area contributed by atoms with Gasteiger partial charge in [-0.3, -0.25) is 4.79 Å². The first kappa shape index (κ1) is 12.9. The first-order valence-corrected chi connectivity index (χ1v) is 7.16. The zero-order chi connectivity index (χ0) is 12.3. The van der Waals surface area contributed by atoms with Crippen LogP contribution in [0.1, 0.15) is 52.4 Å². The van der Waals surface area contributed by atoms with E-state index in [2.05, 4.69) is 12.2 Å². The molecule has 1 aliphatic heterocycles. The maximum absolute atomic E-state index is 11.5. The number of hydrogen-bond donors (Lipinski definition) is 1. The molecular weight excluding hydrogens is 212 g/mol. The average Bonchev–Trinajstić information content (AvgIpc) is 2.29.